The molecule has 1 amide bonds. The van der Waals surface area contributed by atoms with Crippen molar-refractivity contribution < 1.29 is 4.79 Å². The quantitative estimate of drug-likeness (QED) is 0.333. The number of rotatable bonds is 6. The molecule has 3 aromatic rings. The number of nitrogens with zero attached hydrogens (tertiary/aromatic N) is 3. The molecule has 1 aliphatic heterocycles. The number of piperazine rings is 1. The lowest BCUT2D eigenvalue weighted by atomic mass is 9.89. The lowest BCUT2D eigenvalue weighted by molar-refractivity contribution is -0.146. The first-order valence-electron chi connectivity index (χ1n) is 14.6. The first kappa shape index (κ1) is 30.3. The molecular weight excluding hydrogens is 514 g/mol. The summed E-state index contributed by atoms with van der Waals surface area (Å²) in [4.78, 5) is 21.7. The van der Waals surface area contributed by atoms with Crippen molar-refractivity contribution >= 4 is 18.3 Å². The van der Waals surface area contributed by atoms with Crippen LogP contribution in [0, 0.1) is 27.7 Å². The van der Waals surface area contributed by atoms with Crippen LogP contribution in [0.4, 0.5) is 0 Å². The number of amides is 1. The van der Waals surface area contributed by atoms with Gasteiger partial charge in [0.1, 0.15) is 5.54 Å². The highest BCUT2D eigenvalue weighted by Crippen LogP contribution is 2.39. The maximum atomic E-state index is 14.6. The van der Waals surface area contributed by atoms with Crippen LogP contribution in [-0.2, 0) is 17.6 Å². The van der Waals surface area contributed by atoms with Crippen LogP contribution in [0.2, 0.25) is 0 Å². The monoisotopic (exact) mass is 559 g/mol. The average molecular weight is 560 g/mol. The second-order valence-corrected chi connectivity index (χ2v) is 12.3. The van der Waals surface area contributed by atoms with Gasteiger partial charge in [0.05, 0.1) is 6.04 Å². The molecule has 2 atom stereocenters. The van der Waals surface area contributed by atoms with Crippen molar-refractivity contribution in [3.05, 3.63) is 105 Å². The molecule has 0 N–H and O–H groups in total. The third-order valence-electron chi connectivity index (χ3n) is 9.30. The number of hydrogen-bond acceptors (Lipinski definition) is 3. The van der Waals surface area contributed by atoms with E-state index < -0.39 is 5.54 Å². The molecular formula is C35H46ClN3O. The molecule has 0 aromatic heterocycles. The summed E-state index contributed by atoms with van der Waals surface area (Å²) in [6.45, 7) is 16.9. The smallest absolute Gasteiger partial charge is 0.244 e. The SMILES string of the molecule is Cc1cc(C)cc([C@@H](C)N2CCN(C3(C(=O)N(C)[C@H](C)c4cc(C)cc(C)c4)Cc4ccccc4C3)CC2)c1.Cl. The Hall–Kier alpha value is -2.66. The van der Waals surface area contributed by atoms with Crippen molar-refractivity contribution in [2.45, 2.75) is 72.0 Å². The summed E-state index contributed by atoms with van der Waals surface area (Å²) in [5.74, 6) is 0.251. The Balaban J connectivity index is 0.00000370. The molecule has 5 heteroatoms. The number of halogens is 1. The van der Waals surface area contributed by atoms with Gasteiger partial charge in [-0.3, -0.25) is 14.6 Å². The number of likely N-dealkylation sites (N-methyl/N-ethyl adjacent to an activating group) is 1. The van der Waals surface area contributed by atoms with E-state index in [-0.39, 0.29) is 24.4 Å². The van der Waals surface area contributed by atoms with Crippen LogP contribution in [0.25, 0.3) is 0 Å². The van der Waals surface area contributed by atoms with E-state index in [1.165, 1.54) is 44.5 Å². The Kier molecular flexibility index (Phi) is 9.14. The Labute approximate surface area is 247 Å². The Morgan fingerprint density at radius 2 is 1.20 bits per heavy atom. The van der Waals surface area contributed by atoms with Gasteiger partial charge >= 0.3 is 0 Å². The number of carbonyl (C=O) groups excluding carboxylic acids is 1. The minimum Gasteiger partial charge on any atom is -0.337 e. The van der Waals surface area contributed by atoms with Gasteiger partial charge in [-0.15, -0.1) is 12.4 Å². The van der Waals surface area contributed by atoms with Crippen LogP contribution in [0.5, 0.6) is 0 Å². The zero-order valence-electron chi connectivity index (χ0n) is 25.3. The minimum atomic E-state index is -0.527. The van der Waals surface area contributed by atoms with E-state index >= 15 is 0 Å². The van der Waals surface area contributed by atoms with Gasteiger partial charge in [-0.2, -0.15) is 0 Å². The lowest BCUT2D eigenvalue weighted by Crippen LogP contribution is -2.64. The predicted molar refractivity (Wildman–Crippen MR) is 168 cm³/mol. The van der Waals surface area contributed by atoms with Crippen molar-refractivity contribution in [3.63, 3.8) is 0 Å². The van der Waals surface area contributed by atoms with Crippen LogP contribution < -0.4 is 0 Å². The topological polar surface area (TPSA) is 26.8 Å². The molecule has 0 spiro atoms. The molecule has 0 bridgehead atoms. The summed E-state index contributed by atoms with van der Waals surface area (Å²) in [6, 6.07) is 22.6. The third kappa shape index (κ3) is 5.86. The number of hydrogen-bond donors (Lipinski definition) is 0. The second kappa shape index (κ2) is 12.1. The molecule has 0 saturated carbocycles. The summed E-state index contributed by atoms with van der Waals surface area (Å²) < 4.78 is 0. The van der Waals surface area contributed by atoms with E-state index in [9.17, 15) is 4.79 Å². The second-order valence-electron chi connectivity index (χ2n) is 12.3. The Morgan fingerprint density at radius 3 is 1.68 bits per heavy atom. The highest BCUT2D eigenvalue weighted by molar-refractivity contribution is 5.88. The van der Waals surface area contributed by atoms with Crippen LogP contribution in [0.15, 0.2) is 60.7 Å². The van der Waals surface area contributed by atoms with Gasteiger partial charge in [-0.25, -0.2) is 0 Å². The maximum Gasteiger partial charge on any atom is 0.244 e. The standard InChI is InChI=1S/C35H45N3O.ClH/c1-24-16-25(2)19-32(18-24)28(5)36(7)34(39)35(22-30-10-8-9-11-31(30)23-35)38-14-12-37(13-15-38)29(6)33-20-26(3)17-27(4)21-33;/h8-11,16-21,28-29H,12-15,22-23H2,1-7H3;1H/t28-,29-;/m1./s1. The fourth-order valence-electron chi connectivity index (χ4n) is 7.08. The number of aryl methyl sites for hydroxylation is 4. The molecule has 2 aliphatic rings. The van der Waals surface area contributed by atoms with Crippen molar-refractivity contribution in [3.8, 4) is 0 Å². The van der Waals surface area contributed by atoms with E-state index in [0.29, 0.717) is 6.04 Å². The van der Waals surface area contributed by atoms with Crippen LogP contribution >= 0.6 is 12.4 Å². The van der Waals surface area contributed by atoms with Crippen molar-refractivity contribution in [2.24, 2.45) is 0 Å². The van der Waals surface area contributed by atoms with Gasteiger partial charge < -0.3 is 4.90 Å². The Morgan fingerprint density at radius 1 is 0.750 bits per heavy atom. The molecule has 1 aliphatic carbocycles. The van der Waals surface area contributed by atoms with Crippen molar-refractivity contribution in [1.82, 2.24) is 14.7 Å². The van der Waals surface area contributed by atoms with Gasteiger partial charge in [0.25, 0.3) is 0 Å². The molecule has 0 unspecified atom stereocenters. The molecule has 1 fully saturated rings. The lowest BCUT2D eigenvalue weighted by Gasteiger charge is -2.48. The summed E-state index contributed by atoms with van der Waals surface area (Å²) in [5.41, 5.74) is 9.86. The first-order chi connectivity index (χ1) is 18.6. The highest BCUT2D eigenvalue weighted by Gasteiger charge is 2.51. The van der Waals surface area contributed by atoms with Gasteiger partial charge in [-0.05, 0) is 63.8 Å². The normalized spacial score (nSPS) is 18.5. The van der Waals surface area contributed by atoms with Gasteiger partial charge in [0.2, 0.25) is 5.91 Å². The molecule has 0 radical (unpaired) electrons. The van der Waals surface area contributed by atoms with Crippen LogP contribution in [-0.4, -0.2) is 59.4 Å². The van der Waals surface area contributed by atoms with Crippen molar-refractivity contribution in [2.75, 3.05) is 33.2 Å². The molecule has 1 heterocycles. The highest BCUT2D eigenvalue weighted by atomic mass is 35.5. The van der Waals surface area contributed by atoms with Crippen LogP contribution in [0.3, 0.4) is 0 Å². The fourth-order valence-corrected chi connectivity index (χ4v) is 7.08. The van der Waals surface area contributed by atoms with E-state index in [1.807, 2.05) is 11.9 Å². The maximum absolute atomic E-state index is 14.6. The summed E-state index contributed by atoms with van der Waals surface area (Å²) in [7, 11) is 2.01. The molecule has 214 valence electrons. The van der Waals surface area contributed by atoms with E-state index in [0.717, 1.165) is 39.0 Å². The number of fused-ring (bicyclic) bond motifs is 1. The largest absolute Gasteiger partial charge is 0.337 e. The number of carbonyl (C=O) groups is 1. The fraction of sp³-hybridized carbons (Fsp3) is 0.457. The molecule has 4 nitrogen and oxygen atoms in total. The van der Waals surface area contributed by atoms with E-state index in [4.69, 9.17) is 0 Å². The number of benzene rings is 3. The Bertz CT molecular complexity index is 1290. The predicted octanol–water partition coefficient (Wildman–Crippen LogP) is 6.78. The van der Waals surface area contributed by atoms with Crippen molar-refractivity contribution in [1.29, 1.82) is 0 Å². The molecule has 3 aromatic carbocycles. The van der Waals surface area contributed by atoms with E-state index in [2.05, 4.69) is 112 Å². The van der Waals surface area contributed by atoms with Gasteiger partial charge in [0.15, 0.2) is 0 Å². The van der Waals surface area contributed by atoms with Gasteiger partial charge in [-0.1, -0.05) is 82.9 Å². The zero-order chi connectivity index (χ0) is 27.9. The van der Waals surface area contributed by atoms with E-state index in [1.54, 1.807) is 0 Å². The molecule has 1 saturated heterocycles. The first-order valence-corrected chi connectivity index (χ1v) is 14.6. The summed E-state index contributed by atoms with van der Waals surface area (Å²) in [6.07, 6.45) is 1.58. The molecule has 40 heavy (non-hydrogen) atoms. The average Bonchev–Trinajstić information content (AvgIpc) is 3.31. The summed E-state index contributed by atoms with van der Waals surface area (Å²) >= 11 is 0. The van der Waals surface area contributed by atoms with Crippen LogP contribution in [0.1, 0.15) is 70.4 Å². The third-order valence-corrected chi connectivity index (χ3v) is 9.30. The molecule has 5 rings (SSSR count). The zero-order valence-corrected chi connectivity index (χ0v) is 26.1. The summed E-state index contributed by atoms with van der Waals surface area (Å²) in [5, 5.41) is 0. The minimum absolute atomic E-state index is 0. The van der Waals surface area contributed by atoms with Gasteiger partial charge in [0, 0.05) is 52.1 Å².